The van der Waals surface area contributed by atoms with Gasteiger partial charge in [-0.1, -0.05) is 24.9 Å². The molecule has 6 heteroatoms. The van der Waals surface area contributed by atoms with E-state index in [-0.39, 0.29) is 0 Å². The van der Waals surface area contributed by atoms with E-state index in [1.807, 2.05) is 0 Å². The summed E-state index contributed by atoms with van der Waals surface area (Å²) in [4.78, 5) is 10.5. The van der Waals surface area contributed by atoms with Crippen molar-refractivity contribution < 1.29 is 0 Å². The third-order valence-electron chi connectivity index (χ3n) is 3.14. The Bertz CT molecular complexity index is 384. The molecule has 1 saturated heterocycles. The highest BCUT2D eigenvalue weighted by molar-refractivity contribution is 6.32. The number of halogens is 1. The second-order valence-corrected chi connectivity index (χ2v) is 4.81. The Morgan fingerprint density at radius 2 is 2.47 bits per heavy atom. The van der Waals surface area contributed by atoms with Crippen molar-refractivity contribution in [3.05, 3.63) is 11.2 Å². The van der Waals surface area contributed by atoms with E-state index in [9.17, 15) is 0 Å². The van der Waals surface area contributed by atoms with Gasteiger partial charge in [-0.3, -0.25) is 5.43 Å². The molecule has 5 nitrogen and oxygen atoms in total. The Morgan fingerprint density at radius 3 is 3.18 bits per heavy atom. The highest BCUT2D eigenvalue weighted by Crippen LogP contribution is 2.30. The molecule has 2 rings (SSSR count). The molecule has 1 atom stereocenters. The molecule has 2 heterocycles. The molecule has 0 radical (unpaired) electrons. The third-order valence-corrected chi connectivity index (χ3v) is 3.40. The number of aromatic nitrogens is 2. The average molecular weight is 256 g/mol. The Morgan fingerprint density at radius 1 is 1.65 bits per heavy atom. The number of hydrogen-bond donors (Lipinski definition) is 2. The smallest absolute Gasteiger partial charge is 0.239 e. The van der Waals surface area contributed by atoms with Gasteiger partial charge in [0.15, 0.2) is 5.82 Å². The predicted molar refractivity (Wildman–Crippen MR) is 70.1 cm³/mol. The lowest BCUT2D eigenvalue weighted by Crippen LogP contribution is -2.22. The van der Waals surface area contributed by atoms with Gasteiger partial charge in [0.2, 0.25) is 5.95 Å². The molecule has 0 aromatic carbocycles. The number of hydrazine groups is 1. The second-order valence-electron chi connectivity index (χ2n) is 4.40. The van der Waals surface area contributed by atoms with Crippen LogP contribution in [0.4, 0.5) is 11.8 Å². The largest absolute Gasteiger partial charge is 0.355 e. The first-order chi connectivity index (χ1) is 8.24. The van der Waals surface area contributed by atoms with Gasteiger partial charge in [0, 0.05) is 13.1 Å². The van der Waals surface area contributed by atoms with Crippen LogP contribution in [-0.2, 0) is 0 Å². The van der Waals surface area contributed by atoms with E-state index < -0.39 is 0 Å². The predicted octanol–water partition coefficient (Wildman–Crippen LogP) is 2.04. The fraction of sp³-hybridized carbons (Fsp3) is 0.636. The van der Waals surface area contributed by atoms with Crippen LogP contribution in [0.15, 0.2) is 6.20 Å². The first kappa shape index (κ1) is 12.4. The van der Waals surface area contributed by atoms with Crippen molar-refractivity contribution in [1.82, 2.24) is 9.97 Å². The molecule has 0 bridgehead atoms. The maximum Gasteiger partial charge on any atom is 0.239 e. The van der Waals surface area contributed by atoms with Gasteiger partial charge in [0.25, 0.3) is 0 Å². The lowest BCUT2D eigenvalue weighted by molar-refractivity contribution is 0.529. The Hall–Kier alpha value is -1.07. The molecule has 1 aliphatic rings. The summed E-state index contributed by atoms with van der Waals surface area (Å²) >= 11 is 6.12. The van der Waals surface area contributed by atoms with Crippen LogP contribution in [0.1, 0.15) is 26.2 Å². The first-order valence-corrected chi connectivity index (χ1v) is 6.36. The number of nitrogen functional groups attached to an aromatic ring is 1. The molecule has 1 aromatic heterocycles. The molecule has 0 saturated carbocycles. The number of nitrogens with zero attached hydrogens (tertiary/aromatic N) is 3. The molecule has 1 aromatic rings. The summed E-state index contributed by atoms with van der Waals surface area (Å²) < 4.78 is 0. The molecule has 1 unspecified atom stereocenters. The van der Waals surface area contributed by atoms with Crippen LogP contribution in [-0.4, -0.2) is 23.1 Å². The molecule has 17 heavy (non-hydrogen) atoms. The SMILES string of the molecule is CCCC1CCN(c2nc(NN)ncc2Cl)C1. The minimum absolute atomic E-state index is 0.406. The van der Waals surface area contributed by atoms with Crippen molar-refractivity contribution in [1.29, 1.82) is 0 Å². The van der Waals surface area contributed by atoms with Gasteiger partial charge in [0.1, 0.15) is 5.02 Å². The van der Waals surface area contributed by atoms with Crippen molar-refractivity contribution in [3.63, 3.8) is 0 Å². The number of rotatable bonds is 4. The van der Waals surface area contributed by atoms with Gasteiger partial charge in [-0.25, -0.2) is 10.8 Å². The van der Waals surface area contributed by atoms with Crippen LogP contribution in [0.25, 0.3) is 0 Å². The van der Waals surface area contributed by atoms with Crippen LogP contribution in [0.5, 0.6) is 0 Å². The Balaban J connectivity index is 2.12. The zero-order chi connectivity index (χ0) is 12.3. The van der Waals surface area contributed by atoms with Crippen molar-refractivity contribution in [2.45, 2.75) is 26.2 Å². The van der Waals surface area contributed by atoms with Gasteiger partial charge in [-0.2, -0.15) is 4.98 Å². The summed E-state index contributed by atoms with van der Waals surface area (Å²) in [6.45, 7) is 4.25. The molecule has 94 valence electrons. The van der Waals surface area contributed by atoms with E-state index in [0.717, 1.165) is 24.8 Å². The maximum atomic E-state index is 6.12. The van der Waals surface area contributed by atoms with Crippen molar-refractivity contribution >= 4 is 23.4 Å². The Kier molecular flexibility index (Phi) is 4.02. The summed E-state index contributed by atoms with van der Waals surface area (Å²) in [5.74, 6) is 7.25. The van der Waals surface area contributed by atoms with Gasteiger partial charge >= 0.3 is 0 Å². The lowest BCUT2D eigenvalue weighted by Gasteiger charge is -2.19. The van der Waals surface area contributed by atoms with Crippen LogP contribution >= 0.6 is 11.6 Å². The molecule has 1 fully saturated rings. The molecule has 0 aliphatic carbocycles. The van der Waals surface area contributed by atoms with Gasteiger partial charge in [-0.15, -0.1) is 0 Å². The standard InChI is InChI=1S/C11H18ClN5/c1-2-3-8-4-5-17(7-8)10-9(12)6-14-11(15-10)16-13/h6,8H,2-5,7,13H2,1H3,(H,14,15,16). The minimum Gasteiger partial charge on any atom is -0.355 e. The lowest BCUT2D eigenvalue weighted by atomic mass is 10.0. The molecular formula is C11H18ClN5. The third kappa shape index (κ3) is 2.79. The van der Waals surface area contributed by atoms with Crippen molar-refractivity contribution in [2.24, 2.45) is 11.8 Å². The van der Waals surface area contributed by atoms with E-state index >= 15 is 0 Å². The minimum atomic E-state index is 0.406. The van der Waals surface area contributed by atoms with E-state index in [4.69, 9.17) is 17.4 Å². The number of hydrogen-bond acceptors (Lipinski definition) is 5. The van der Waals surface area contributed by atoms with Gasteiger partial charge in [-0.05, 0) is 18.8 Å². The summed E-state index contributed by atoms with van der Waals surface area (Å²) in [5.41, 5.74) is 2.45. The number of nitrogens with two attached hydrogens (primary N) is 1. The zero-order valence-corrected chi connectivity index (χ0v) is 10.7. The maximum absolute atomic E-state index is 6.12. The van der Waals surface area contributed by atoms with E-state index in [1.165, 1.54) is 19.3 Å². The molecular weight excluding hydrogens is 238 g/mol. The van der Waals surface area contributed by atoms with Crippen LogP contribution in [0.3, 0.4) is 0 Å². The summed E-state index contributed by atoms with van der Waals surface area (Å²) in [6, 6.07) is 0. The molecule has 0 spiro atoms. The van der Waals surface area contributed by atoms with Gasteiger partial charge in [0.05, 0.1) is 6.20 Å². The van der Waals surface area contributed by atoms with E-state index in [0.29, 0.717) is 11.0 Å². The highest BCUT2D eigenvalue weighted by Gasteiger charge is 2.24. The summed E-state index contributed by atoms with van der Waals surface area (Å²) in [6.07, 6.45) is 5.29. The van der Waals surface area contributed by atoms with Crippen LogP contribution < -0.4 is 16.2 Å². The number of anilines is 2. The fourth-order valence-corrected chi connectivity index (χ4v) is 2.53. The highest BCUT2D eigenvalue weighted by atomic mass is 35.5. The molecule has 3 N–H and O–H groups in total. The quantitative estimate of drug-likeness (QED) is 0.637. The summed E-state index contributed by atoms with van der Waals surface area (Å²) in [7, 11) is 0. The average Bonchev–Trinajstić information content (AvgIpc) is 2.79. The summed E-state index contributed by atoms with van der Waals surface area (Å²) in [5, 5.41) is 0.584. The fourth-order valence-electron chi connectivity index (χ4n) is 2.32. The van der Waals surface area contributed by atoms with Gasteiger partial charge < -0.3 is 4.90 Å². The number of nitrogens with one attached hydrogen (secondary N) is 1. The molecule has 1 aliphatic heterocycles. The monoisotopic (exact) mass is 255 g/mol. The van der Waals surface area contributed by atoms with Crippen molar-refractivity contribution in [2.75, 3.05) is 23.4 Å². The van der Waals surface area contributed by atoms with Crippen LogP contribution in [0.2, 0.25) is 5.02 Å². The first-order valence-electron chi connectivity index (χ1n) is 5.98. The van der Waals surface area contributed by atoms with Crippen LogP contribution in [0, 0.1) is 5.92 Å². The van der Waals surface area contributed by atoms with E-state index in [2.05, 4.69) is 27.2 Å². The molecule has 0 amide bonds. The van der Waals surface area contributed by atoms with Crippen molar-refractivity contribution in [3.8, 4) is 0 Å². The topological polar surface area (TPSA) is 67.1 Å². The second kappa shape index (κ2) is 5.51. The zero-order valence-electron chi connectivity index (χ0n) is 9.99. The Labute approximate surface area is 106 Å². The van der Waals surface area contributed by atoms with E-state index in [1.54, 1.807) is 6.20 Å². The normalized spacial score (nSPS) is 19.7.